The number of aromatic nitrogens is 2. The Bertz CT molecular complexity index is 444. The number of methoxy groups -OCH3 is 1. The van der Waals surface area contributed by atoms with Gasteiger partial charge in [0.15, 0.2) is 0 Å². The number of ether oxygens (including phenoxy) is 1. The van der Waals surface area contributed by atoms with Gasteiger partial charge >= 0.3 is 12.1 Å². The average molecular weight is 262 g/mol. The minimum absolute atomic E-state index is 0.0242. The first kappa shape index (κ1) is 14.4. The molecular formula is C11H13F3N2O2. The van der Waals surface area contributed by atoms with E-state index in [2.05, 4.69) is 14.7 Å². The fourth-order valence-electron chi connectivity index (χ4n) is 1.39. The first-order chi connectivity index (χ1) is 8.16. The molecule has 0 radical (unpaired) electrons. The SMILES string of the molecule is COC(=O)C(C)(C)Cc1nccc(C(F)(F)F)n1. The van der Waals surface area contributed by atoms with Gasteiger partial charge in [-0.2, -0.15) is 13.2 Å². The Morgan fingerprint density at radius 2 is 2.00 bits per heavy atom. The smallest absolute Gasteiger partial charge is 0.433 e. The van der Waals surface area contributed by atoms with Crippen molar-refractivity contribution in [3.05, 3.63) is 23.8 Å². The van der Waals surface area contributed by atoms with E-state index in [0.29, 0.717) is 0 Å². The second-order valence-electron chi connectivity index (χ2n) is 4.41. The van der Waals surface area contributed by atoms with Crippen LogP contribution in [-0.2, 0) is 22.1 Å². The highest BCUT2D eigenvalue weighted by atomic mass is 19.4. The van der Waals surface area contributed by atoms with Crippen molar-refractivity contribution in [2.24, 2.45) is 5.41 Å². The van der Waals surface area contributed by atoms with Gasteiger partial charge in [0, 0.05) is 12.6 Å². The minimum atomic E-state index is -4.52. The zero-order valence-corrected chi connectivity index (χ0v) is 10.2. The molecule has 0 aliphatic rings. The summed E-state index contributed by atoms with van der Waals surface area (Å²) in [5.41, 5.74) is -1.99. The molecule has 0 bridgehead atoms. The van der Waals surface area contributed by atoms with Gasteiger partial charge in [-0.15, -0.1) is 0 Å². The molecule has 100 valence electrons. The van der Waals surface area contributed by atoms with E-state index >= 15 is 0 Å². The number of hydrogen-bond donors (Lipinski definition) is 0. The molecule has 1 heterocycles. The van der Waals surface area contributed by atoms with Gasteiger partial charge in [-0.1, -0.05) is 0 Å². The molecule has 0 fully saturated rings. The molecule has 0 aromatic carbocycles. The molecule has 18 heavy (non-hydrogen) atoms. The zero-order valence-electron chi connectivity index (χ0n) is 10.2. The van der Waals surface area contributed by atoms with Crippen LogP contribution in [0.15, 0.2) is 12.3 Å². The van der Waals surface area contributed by atoms with Crippen LogP contribution in [0.5, 0.6) is 0 Å². The summed E-state index contributed by atoms with van der Waals surface area (Å²) in [6.45, 7) is 3.12. The fourth-order valence-corrected chi connectivity index (χ4v) is 1.39. The van der Waals surface area contributed by atoms with Gasteiger partial charge in [-0.05, 0) is 19.9 Å². The van der Waals surface area contributed by atoms with Gasteiger partial charge in [0.05, 0.1) is 12.5 Å². The summed E-state index contributed by atoms with van der Waals surface area (Å²) in [5, 5.41) is 0. The van der Waals surface area contributed by atoms with Crippen LogP contribution in [-0.4, -0.2) is 23.0 Å². The van der Waals surface area contributed by atoms with E-state index in [9.17, 15) is 18.0 Å². The molecule has 0 unspecified atom stereocenters. The predicted octanol–water partition coefficient (Wildman–Crippen LogP) is 2.24. The largest absolute Gasteiger partial charge is 0.469 e. The highest BCUT2D eigenvalue weighted by Crippen LogP contribution is 2.28. The van der Waals surface area contributed by atoms with E-state index in [4.69, 9.17) is 0 Å². The van der Waals surface area contributed by atoms with Crippen molar-refractivity contribution in [1.82, 2.24) is 9.97 Å². The van der Waals surface area contributed by atoms with Crippen LogP contribution in [0.4, 0.5) is 13.2 Å². The molecule has 0 aliphatic heterocycles. The standard InChI is InChI=1S/C11H13F3N2O2/c1-10(2,9(17)18-3)6-8-15-5-4-7(16-8)11(12,13)14/h4-5H,6H2,1-3H3. The summed E-state index contributed by atoms with van der Waals surface area (Å²) in [6.07, 6.45) is -3.52. The molecular weight excluding hydrogens is 249 g/mol. The summed E-state index contributed by atoms with van der Waals surface area (Å²) < 4.78 is 41.9. The molecule has 4 nitrogen and oxygen atoms in total. The van der Waals surface area contributed by atoms with Crippen molar-refractivity contribution >= 4 is 5.97 Å². The number of esters is 1. The van der Waals surface area contributed by atoms with Gasteiger partial charge in [0.2, 0.25) is 0 Å². The number of halogens is 3. The minimum Gasteiger partial charge on any atom is -0.469 e. The van der Waals surface area contributed by atoms with Crippen LogP contribution in [0.2, 0.25) is 0 Å². The molecule has 0 aliphatic carbocycles. The summed E-state index contributed by atoms with van der Waals surface area (Å²) in [7, 11) is 1.22. The lowest BCUT2D eigenvalue weighted by Gasteiger charge is -2.20. The monoisotopic (exact) mass is 262 g/mol. The number of nitrogens with zero attached hydrogens (tertiary/aromatic N) is 2. The molecule has 1 aromatic rings. The molecule has 1 aromatic heterocycles. The van der Waals surface area contributed by atoms with E-state index < -0.39 is 23.3 Å². The fraction of sp³-hybridized carbons (Fsp3) is 0.545. The molecule has 0 N–H and O–H groups in total. The van der Waals surface area contributed by atoms with Crippen LogP contribution >= 0.6 is 0 Å². The summed E-state index contributed by atoms with van der Waals surface area (Å²) in [4.78, 5) is 18.6. The van der Waals surface area contributed by atoms with Gasteiger partial charge < -0.3 is 4.74 Å². The van der Waals surface area contributed by atoms with Gasteiger partial charge in [0.25, 0.3) is 0 Å². The summed E-state index contributed by atoms with van der Waals surface area (Å²) >= 11 is 0. The third kappa shape index (κ3) is 3.41. The molecule has 0 amide bonds. The Morgan fingerprint density at radius 3 is 2.50 bits per heavy atom. The Balaban J connectivity index is 2.96. The van der Waals surface area contributed by atoms with Crippen molar-refractivity contribution in [1.29, 1.82) is 0 Å². The molecule has 7 heteroatoms. The number of alkyl halides is 3. The Labute approximate surface area is 102 Å². The molecule has 0 atom stereocenters. The molecule has 0 spiro atoms. The van der Waals surface area contributed by atoms with E-state index in [1.54, 1.807) is 13.8 Å². The predicted molar refractivity (Wildman–Crippen MR) is 56.5 cm³/mol. The van der Waals surface area contributed by atoms with E-state index in [-0.39, 0.29) is 12.2 Å². The van der Waals surface area contributed by atoms with Gasteiger partial charge in [-0.25, -0.2) is 9.97 Å². The topological polar surface area (TPSA) is 52.1 Å². The number of hydrogen-bond acceptors (Lipinski definition) is 4. The Morgan fingerprint density at radius 1 is 1.39 bits per heavy atom. The quantitative estimate of drug-likeness (QED) is 0.784. The van der Waals surface area contributed by atoms with E-state index in [1.807, 2.05) is 0 Å². The van der Waals surface area contributed by atoms with Crippen molar-refractivity contribution < 1.29 is 22.7 Å². The third-order valence-corrected chi connectivity index (χ3v) is 2.33. The number of carbonyl (C=O) groups is 1. The van der Waals surface area contributed by atoms with Crippen molar-refractivity contribution in [3.63, 3.8) is 0 Å². The van der Waals surface area contributed by atoms with Crippen molar-refractivity contribution in [2.75, 3.05) is 7.11 Å². The van der Waals surface area contributed by atoms with Crippen LogP contribution in [0, 0.1) is 5.41 Å². The lowest BCUT2D eigenvalue weighted by molar-refractivity contribution is -0.150. The molecule has 0 saturated carbocycles. The van der Waals surface area contributed by atoms with Crippen molar-refractivity contribution in [2.45, 2.75) is 26.4 Å². The van der Waals surface area contributed by atoms with Crippen LogP contribution in [0.25, 0.3) is 0 Å². The van der Waals surface area contributed by atoms with Crippen LogP contribution in [0.3, 0.4) is 0 Å². The lowest BCUT2D eigenvalue weighted by atomic mass is 9.89. The van der Waals surface area contributed by atoms with E-state index in [0.717, 1.165) is 12.3 Å². The molecule has 0 saturated heterocycles. The first-order valence-corrected chi connectivity index (χ1v) is 5.14. The van der Waals surface area contributed by atoms with Crippen LogP contribution < -0.4 is 0 Å². The Hall–Kier alpha value is -1.66. The second-order valence-corrected chi connectivity index (χ2v) is 4.41. The summed E-state index contributed by atoms with van der Waals surface area (Å²) in [6, 6.07) is 0.786. The lowest BCUT2D eigenvalue weighted by Crippen LogP contribution is -2.29. The average Bonchev–Trinajstić information content (AvgIpc) is 2.26. The highest BCUT2D eigenvalue weighted by Gasteiger charge is 2.34. The van der Waals surface area contributed by atoms with Gasteiger partial charge in [0.1, 0.15) is 11.5 Å². The van der Waals surface area contributed by atoms with Gasteiger partial charge in [-0.3, -0.25) is 4.79 Å². The Kier molecular flexibility index (Phi) is 3.93. The maximum absolute atomic E-state index is 12.4. The molecule has 1 rings (SSSR count). The first-order valence-electron chi connectivity index (χ1n) is 5.14. The van der Waals surface area contributed by atoms with E-state index in [1.165, 1.54) is 7.11 Å². The maximum Gasteiger partial charge on any atom is 0.433 e. The maximum atomic E-state index is 12.4. The number of carbonyl (C=O) groups excluding carboxylic acids is 1. The zero-order chi connectivity index (χ0) is 14.0. The summed E-state index contributed by atoms with van der Waals surface area (Å²) in [5.74, 6) is -0.566. The van der Waals surface area contributed by atoms with Crippen LogP contribution in [0.1, 0.15) is 25.4 Å². The normalized spacial score (nSPS) is 12.3. The number of rotatable bonds is 3. The highest BCUT2D eigenvalue weighted by molar-refractivity contribution is 5.75. The second kappa shape index (κ2) is 4.91. The van der Waals surface area contributed by atoms with Crippen molar-refractivity contribution in [3.8, 4) is 0 Å². The third-order valence-electron chi connectivity index (χ3n) is 2.33.